The van der Waals surface area contributed by atoms with Crippen molar-refractivity contribution in [3.05, 3.63) is 53.6 Å². The van der Waals surface area contributed by atoms with Crippen LogP contribution in [-0.4, -0.2) is 40.9 Å². The van der Waals surface area contributed by atoms with Gasteiger partial charge in [0.1, 0.15) is 5.84 Å². The van der Waals surface area contributed by atoms with Crippen molar-refractivity contribution in [3.8, 4) is 11.5 Å². The highest BCUT2D eigenvalue weighted by Gasteiger charge is 2.15. The Labute approximate surface area is 181 Å². The van der Waals surface area contributed by atoms with Crippen LogP contribution in [-0.2, 0) is 21.4 Å². The second kappa shape index (κ2) is 11.4. The maximum absolute atomic E-state index is 12.3. The van der Waals surface area contributed by atoms with Crippen LogP contribution in [0.15, 0.2) is 47.4 Å². The smallest absolute Gasteiger partial charge is 0.240 e. The van der Waals surface area contributed by atoms with Crippen molar-refractivity contribution >= 4 is 34.2 Å². The summed E-state index contributed by atoms with van der Waals surface area (Å²) in [6.45, 7) is 0.205. The molecule has 0 aromatic heterocycles. The fraction of sp³-hybridized carbons (Fsp3) is 0.263. The van der Waals surface area contributed by atoms with Crippen LogP contribution in [0.5, 0.6) is 11.5 Å². The second-order valence-electron chi connectivity index (χ2n) is 6.06. The molecule has 5 N–H and O–H groups in total. The Morgan fingerprint density at radius 3 is 2.43 bits per heavy atom. The van der Waals surface area contributed by atoms with E-state index in [-0.39, 0.29) is 48.6 Å². The van der Waals surface area contributed by atoms with Gasteiger partial charge in [0.2, 0.25) is 15.9 Å². The molecule has 1 amide bonds. The summed E-state index contributed by atoms with van der Waals surface area (Å²) in [5, 5.41) is 10.1. The van der Waals surface area contributed by atoms with Crippen LogP contribution in [0.4, 0.5) is 0 Å². The first-order chi connectivity index (χ1) is 13.8. The topological polar surface area (TPSA) is 144 Å². The molecule has 0 aliphatic carbocycles. The minimum Gasteiger partial charge on any atom is -0.493 e. The van der Waals surface area contributed by atoms with Crippen molar-refractivity contribution in [2.24, 2.45) is 5.73 Å². The van der Waals surface area contributed by atoms with Gasteiger partial charge in [-0.3, -0.25) is 10.2 Å². The van der Waals surface area contributed by atoms with Gasteiger partial charge < -0.3 is 20.5 Å². The molecule has 0 bridgehead atoms. The van der Waals surface area contributed by atoms with E-state index in [1.807, 2.05) is 0 Å². The summed E-state index contributed by atoms with van der Waals surface area (Å²) < 4.78 is 37.4. The van der Waals surface area contributed by atoms with Crippen LogP contribution >= 0.6 is 12.4 Å². The number of hydrogen-bond acceptors (Lipinski definition) is 6. The highest BCUT2D eigenvalue weighted by Crippen LogP contribution is 2.27. The summed E-state index contributed by atoms with van der Waals surface area (Å²) in [5.74, 6) is 0.613. The first kappa shape index (κ1) is 25.2. The Balaban J connectivity index is 0.00000450. The molecule has 0 radical (unpaired) electrons. The molecule has 0 saturated heterocycles. The lowest BCUT2D eigenvalue weighted by Crippen LogP contribution is -2.30. The van der Waals surface area contributed by atoms with E-state index in [2.05, 4.69) is 10.0 Å². The lowest BCUT2D eigenvalue weighted by molar-refractivity contribution is -0.121. The van der Waals surface area contributed by atoms with Gasteiger partial charge in [-0.15, -0.1) is 12.4 Å². The van der Waals surface area contributed by atoms with Gasteiger partial charge in [-0.25, -0.2) is 13.1 Å². The van der Waals surface area contributed by atoms with Crippen molar-refractivity contribution in [3.63, 3.8) is 0 Å². The van der Waals surface area contributed by atoms with Crippen LogP contribution in [0.3, 0.4) is 0 Å². The lowest BCUT2D eigenvalue weighted by atomic mass is 10.2. The lowest BCUT2D eigenvalue weighted by Gasteiger charge is -2.11. The van der Waals surface area contributed by atoms with Crippen LogP contribution in [0.1, 0.15) is 17.5 Å². The van der Waals surface area contributed by atoms with E-state index in [4.69, 9.17) is 20.6 Å². The SMILES string of the molecule is COc1ccc(CNC(=O)CCNS(=O)(=O)c2cccc(C(=N)N)c2)cc1OC.Cl. The van der Waals surface area contributed by atoms with Crippen LogP contribution < -0.4 is 25.2 Å². The molecule has 0 aliphatic rings. The molecule has 164 valence electrons. The molecule has 30 heavy (non-hydrogen) atoms. The quantitative estimate of drug-likeness (QED) is 0.314. The average molecular weight is 457 g/mol. The zero-order valence-electron chi connectivity index (χ0n) is 16.6. The third-order valence-corrected chi connectivity index (χ3v) is 5.50. The minimum atomic E-state index is -3.81. The summed E-state index contributed by atoms with van der Waals surface area (Å²) in [6, 6.07) is 11.0. The van der Waals surface area contributed by atoms with E-state index in [1.165, 1.54) is 32.4 Å². The maximum Gasteiger partial charge on any atom is 0.240 e. The molecule has 0 unspecified atom stereocenters. The Hall–Kier alpha value is -2.82. The highest BCUT2D eigenvalue weighted by molar-refractivity contribution is 7.89. The molecule has 0 atom stereocenters. The number of carbonyl (C=O) groups is 1. The van der Waals surface area contributed by atoms with Crippen molar-refractivity contribution in [1.29, 1.82) is 5.41 Å². The Morgan fingerprint density at radius 2 is 1.80 bits per heavy atom. The van der Waals surface area contributed by atoms with Gasteiger partial charge in [0.05, 0.1) is 19.1 Å². The summed E-state index contributed by atoms with van der Waals surface area (Å²) in [7, 11) is -0.744. The molecular weight excluding hydrogens is 432 g/mol. The van der Waals surface area contributed by atoms with Crippen molar-refractivity contribution in [1.82, 2.24) is 10.0 Å². The molecule has 0 fully saturated rings. The minimum absolute atomic E-state index is 0. The molecule has 0 spiro atoms. The summed E-state index contributed by atoms with van der Waals surface area (Å²) >= 11 is 0. The van der Waals surface area contributed by atoms with Gasteiger partial charge in [0.15, 0.2) is 11.5 Å². The Morgan fingerprint density at radius 1 is 1.10 bits per heavy atom. The van der Waals surface area contributed by atoms with Gasteiger partial charge in [-0.05, 0) is 29.8 Å². The van der Waals surface area contributed by atoms with Gasteiger partial charge in [0.25, 0.3) is 0 Å². The van der Waals surface area contributed by atoms with Crippen molar-refractivity contribution < 1.29 is 22.7 Å². The predicted octanol–water partition coefficient (Wildman–Crippen LogP) is 1.39. The van der Waals surface area contributed by atoms with E-state index in [0.29, 0.717) is 17.1 Å². The van der Waals surface area contributed by atoms with Crippen LogP contribution in [0.25, 0.3) is 0 Å². The van der Waals surface area contributed by atoms with Gasteiger partial charge in [-0.1, -0.05) is 18.2 Å². The largest absolute Gasteiger partial charge is 0.493 e. The van der Waals surface area contributed by atoms with E-state index in [9.17, 15) is 13.2 Å². The number of amides is 1. The predicted molar refractivity (Wildman–Crippen MR) is 116 cm³/mol. The number of benzene rings is 2. The number of nitrogens with one attached hydrogen (secondary N) is 3. The number of nitrogen functional groups attached to an aromatic ring is 1. The molecule has 2 aromatic carbocycles. The number of halogens is 1. The van der Waals surface area contributed by atoms with Gasteiger partial charge >= 0.3 is 0 Å². The van der Waals surface area contributed by atoms with E-state index in [0.717, 1.165) is 5.56 Å². The third-order valence-electron chi connectivity index (χ3n) is 4.04. The van der Waals surface area contributed by atoms with Crippen LogP contribution in [0, 0.1) is 5.41 Å². The summed E-state index contributed by atoms with van der Waals surface area (Å²) in [6.07, 6.45) is -0.0289. The number of methoxy groups -OCH3 is 2. The Kier molecular flexibility index (Phi) is 9.57. The first-order valence-electron chi connectivity index (χ1n) is 8.68. The molecule has 11 heteroatoms. The summed E-state index contributed by atoms with van der Waals surface area (Å²) in [4.78, 5) is 12.0. The molecule has 0 aliphatic heterocycles. The van der Waals surface area contributed by atoms with E-state index in [1.54, 1.807) is 24.3 Å². The fourth-order valence-corrected chi connectivity index (χ4v) is 3.57. The zero-order valence-corrected chi connectivity index (χ0v) is 18.2. The number of hydrogen-bond donors (Lipinski definition) is 4. The standard InChI is InChI=1S/C19H24N4O5S.ClH/c1-27-16-7-6-13(10-17(16)28-2)12-22-18(24)8-9-23-29(25,26)15-5-3-4-14(11-15)19(20)21;/h3-7,10-11,23H,8-9,12H2,1-2H3,(H3,20,21)(H,22,24);1H. The van der Waals surface area contributed by atoms with Crippen LogP contribution in [0.2, 0.25) is 0 Å². The molecule has 0 saturated carbocycles. The molecule has 9 nitrogen and oxygen atoms in total. The average Bonchev–Trinajstić information content (AvgIpc) is 2.71. The first-order valence-corrected chi connectivity index (χ1v) is 10.2. The number of ether oxygens (including phenoxy) is 2. The maximum atomic E-state index is 12.3. The third kappa shape index (κ3) is 6.90. The number of amidine groups is 1. The molecular formula is C19H25ClN4O5S. The molecule has 0 heterocycles. The zero-order chi connectivity index (χ0) is 21.4. The molecule has 2 aromatic rings. The van der Waals surface area contributed by atoms with Gasteiger partial charge in [-0.2, -0.15) is 0 Å². The monoisotopic (exact) mass is 456 g/mol. The fourth-order valence-electron chi connectivity index (χ4n) is 2.49. The Bertz CT molecular complexity index is 998. The van der Waals surface area contributed by atoms with E-state index >= 15 is 0 Å². The number of sulfonamides is 1. The van der Waals surface area contributed by atoms with Gasteiger partial charge in [0, 0.05) is 25.1 Å². The summed E-state index contributed by atoms with van der Waals surface area (Å²) in [5.41, 5.74) is 6.51. The van der Waals surface area contributed by atoms with Crippen molar-refractivity contribution in [2.75, 3.05) is 20.8 Å². The molecule has 2 rings (SSSR count). The normalized spacial score (nSPS) is 10.6. The number of carbonyl (C=O) groups excluding carboxylic acids is 1. The number of nitrogens with two attached hydrogens (primary N) is 1. The van der Waals surface area contributed by atoms with E-state index < -0.39 is 10.0 Å². The second-order valence-corrected chi connectivity index (χ2v) is 7.82. The highest BCUT2D eigenvalue weighted by atomic mass is 35.5. The number of rotatable bonds is 10. The van der Waals surface area contributed by atoms with Crippen molar-refractivity contribution in [2.45, 2.75) is 17.9 Å².